The first-order valence-corrected chi connectivity index (χ1v) is 8.57. The van der Waals surface area contributed by atoms with Crippen LogP contribution in [0.2, 0.25) is 0 Å². The normalized spacial score (nSPS) is 15.3. The zero-order chi connectivity index (χ0) is 17.4. The lowest BCUT2D eigenvalue weighted by Gasteiger charge is -2.26. The highest BCUT2D eigenvalue weighted by Gasteiger charge is 2.22. The number of rotatable bonds is 7. The van der Waals surface area contributed by atoms with Gasteiger partial charge in [0.2, 0.25) is 0 Å². The molecule has 0 aliphatic heterocycles. The van der Waals surface area contributed by atoms with E-state index in [4.69, 9.17) is 4.74 Å². The Morgan fingerprint density at radius 2 is 2.04 bits per heavy atom. The van der Waals surface area contributed by atoms with Gasteiger partial charge < -0.3 is 9.64 Å². The Bertz CT molecular complexity index is 584. The van der Waals surface area contributed by atoms with Crippen LogP contribution in [0.15, 0.2) is 36.2 Å². The second kappa shape index (κ2) is 9.21. The number of amides is 1. The Hall–Kier alpha value is -2.17. The molecule has 0 radical (unpaired) electrons. The van der Waals surface area contributed by atoms with Gasteiger partial charge in [-0.3, -0.25) is 14.6 Å². The van der Waals surface area contributed by atoms with Gasteiger partial charge in [-0.15, -0.1) is 0 Å². The predicted molar refractivity (Wildman–Crippen MR) is 92.5 cm³/mol. The molecule has 24 heavy (non-hydrogen) atoms. The molecule has 1 unspecified atom stereocenters. The van der Waals surface area contributed by atoms with Crippen LogP contribution < -0.4 is 0 Å². The second-order valence-corrected chi connectivity index (χ2v) is 6.27. The van der Waals surface area contributed by atoms with Gasteiger partial charge in [-0.2, -0.15) is 0 Å². The van der Waals surface area contributed by atoms with Gasteiger partial charge in [0.25, 0.3) is 5.91 Å². The van der Waals surface area contributed by atoms with Crippen molar-refractivity contribution < 1.29 is 14.3 Å². The molecule has 0 bridgehead atoms. The number of ether oxygens (including phenoxy) is 1. The van der Waals surface area contributed by atoms with E-state index in [1.807, 2.05) is 0 Å². The zero-order valence-electron chi connectivity index (χ0n) is 14.5. The lowest BCUT2D eigenvalue weighted by atomic mass is 9.97. The van der Waals surface area contributed by atoms with Crippen LogP contribution in [0.5, 0.6) is 0 Å². The third-order valence-electron chi connectivity index (χ3n) is 4.40. The smallest absolute Gasteiger partial charge is 0.310 e. The van der Waals surface area contributed by atoms with Crippen LogP contribution in [0.1, 0.15) is 49.4 Å². The Kier molecular flexibility index (Phi) is 6.97. The van der Waals surface area contributed by atoms with Crippen molar-refractivity contribution in [2.75, 3.05) is 20.2 Å². The average molecular weight is 330 g/mol. The molecule has 0 spiro atoms. The molecule has 0 saturated carbocycles. The number of carbonyl (C=O) groups is 2. The van der Waals surface area contributed by atoms with Crippen LogP contribution in [0, 0.1) is 5.92 Å². The minimum atomic E-state index is -0.346. The quantitative estimate of drug-likeness (QED) is 0.569. The number of carbonyl (C=O) groups excluding carboxylic acids is 2. The van der Waals surface area contributed by atoms with Crippen molar-refractivity contribution in [3.63, 3.8) is 0 Å². The first kappa shape index (κ1) is 18.2. The van der Waals surface area contributed by atoms with Crippen LogP contribution in [0.25, 0.3) is 0 Å². The Morgan fingerprint density at radius 1 is 1.29 bits per heavy atom. The summed E-state index contributed by atoms with van der Waals surface area (Å²) >= 11 is 0. The number of allylic oxidation sites excluding steroid dienone is 1. The highest BCUT2D eigenvalue weighted by Crippen LogP contribution is 2.21. The molecular weight excluding hydrogens is 304 g/mol. The van der Waals surface area contributed by atoms with E-state index in [0.717, 1.165) is 19.3 Å². The van der Waals surface area contributed by atoms with E-state index in [9.17, 15) is 9.59 Å². The molecule has 1 atom stereocenters. The largest absolute Gasteiger partial charge is 0.469 e. The van der Waals surface area contributed by atoms with E-state index in [0.29, 0.717) is 18.7 Å². The first-order valence-electron chi connectivity index (χ1n) is 8.57. The number of hydrogen-bond donors (Lipinski definition) is 0. The standard InChI is InChI=1S/C19H26N2O3/c1-15(19(23)24-2)14-21(13-10-16-6-4-3-5-7-16)18(22)17-8-11-20-12-9-17/h6,8-9,11-12,15H,3-5,7,10,13-14H2,1-2H3. The van der Waals surface area contributed by atoms with Crippen molar-refractivity contribution in [3.05, 3.63) is 41.7 Å². The van der Waals surface area contributed by atoms with Crippen LogP contribution in [-0.4, -0.2) is 42.0 Å². The summed E-state index contributed by atoms with van der Waals surface area (Å²) in [6.45, 7) is 2.77. The van der Waals surface area contributed by atoms with Crippen molar-refractivity contribution in [3.8, 4) is 0 Å². The van der Waals surface area contributed by atoms with Gasteiger partial charge >= 0.3 is 5.97 Å². The number of methoxy groups -OCH3 is 1. The van der Waals surface area contributed by atoms with E-state index < -0.39 is 0 Å². The highest BCUT2D eigenvalue weighted by molar-refractivity contribution is 5.94. The van der Waals surface area contributed by atoms with Gasteiger partial charge in [-0.1, -0.05) is 18.6 Å². The van der Waals surface area contributed by atoms with Gasteiger partial charge in [0.15, 0.2) is 0 Å². The molecule has 5 heteroatoms. The fraction of sp³-hybridized carbons (Fsp3) is 0.526. The average Bonchev–Trinajstić information content (AvgIpc) is 2.65. The van der Waals surface area contributed by atoms with Gasteiger partial charge in [0.05, 0.1) is 13.0 Å². The number of hydrogen-bond acceptors (Lipinski definition) is 4. The zero-order valence-corrected chi connectivity index (χ0v) is 14.5. The van der Waals surface area contributed by atoms with Gasteiger partial charge in [0, 0.05) is 31.0 Å². The molecular formula is C19H26N2O3. The van der Waals surface area contributed by atoms with E-state index in [2.05, 4.69) is 11.1 Å². The summed E-state index contributed by atoms with van der Waals surface area (Å²) in [5.41, 5.74) is 2.01. The highest BCUT2D eigenvalue weighted by atomic mass is 16.5. The summed E-state index contributed by atoms with van der Waals surface area (Å²) < 4.78 is 4.79. The summed E-state index contributed by atoms with van der Waals surface area (Å²) in [4.78, 5) is 30.2. The molecule has 130 valence electrons. The van der Waals surface area contributed by atoms with E-state index in [-0.39, 0.29) is 17.8 Å². The Balaban J connectivity index is 2.06. The minimum Gasteiger partial charge on any atom is -0.469 e. The third kappa shape index (κ3) is 5.18. The van der Waals surface area contributed by atoms with Crippen LogP contribution in [-0.2, 0) is 9.53 Å². The summed E-state index contributed by atoms with van der Waals surface area (Å²) in [5, 5.41) is 0. The molecule has 1 amide bonds. The van der Waals surface area contributed by atoms with Crippen molar-refractivity contribution >= 4 is 11.9 Å². The minimum absolute atomic E-state index is 0.0652. The SMILES string of the molecule is COC(=O)C(C)CN(CCC1=CCCCC1)C(=O)c1ccncc1. The van der Waals surface area contributed by atoms with Crippen molar-refractivity contribution in [1.29, 1.82) is 0 Å². The number of pyridine rings is 1. The van der Waals surface area contributed by atoms with Crippen molar-refractivity contribution in [1.82, 2.24) is 9.88 Å². The number of aromatic nitrogens is 1. The van der Waals surface area contributed by atoms with Gasteiger partial charge in [-0.05, 0) is 44.2 Å². The van der Waals surface area contributed by atoms with Crippen LogP contribution >= 0.6 is 0 Å². The predicted octanol–water partition coefficient (Wildman–Crippen LogP) is 3.22. The first-order chi connectivity index (χ1) is 11.6. The Labute approximate surface area is 143 Å². The molecule has 1 aliphatic rings. The topological polar surface area (TPSA) is 59.5 Å². The lowest BCUT2D eigenvalue weighted by molar-refractivity contribution is -0.145. The molecule has 0 N–H and O–H groups in total. The maximum absolute atomic E-state index is 12.8. The summed E-state index contributed by atoms with van der Waals surface area (Å²) in [7, 11) is 1.38. The fourth-order valence-corrected chi connectivity index (χ4v) is 2.97. The molecule has 0 aromatic carbocycles. The maximum atomic E-state index is 12.8. The van der Waals surface area contributed by atoms with Crippen molar-refractivity contribution in [2.24, 2.45) is 5.92 Å². The summed E-state index contributed by atoms with van der Waals surface area (Å²) in [6, 6.07) is 3.41. The Morgan fingerprint density at radius 3 is 2.67 bits per heavy atom. The molecule has 1 aromatic rings. The fourth-order valence-electron chi connectivity index (χ4n) is 2.97. The van der Waals surface area contributed by atoms with E-state index >= 15 is 0 Å². The maximum Gasteiger partial charge on any atom is 0.310 e. The molecule has 0 saturated heterocycles. The van der Waals surface area contributed by atoms with Gasteiger partial charge in [0.1, 0.15) is 0 Å². The molecule has 1 aromatic heterocycles. The molecule has 5 nitrogen and oxygen atoms in total. The monoisotopic (exact) mass is 330 g/mol. The third-order valence-corrected chi connectivity index (χ3v) is 4.40. The molecule has 1 aliphatic carbocycles. The lowest BCUT2D eigenvalue weighted by Crippen LogP contribution is -2.38. The number of nitrogens with zero attached hydrogens (tertiary/aromatic N) is 2. The number of esters is 1. The van der Waals surface area contributed by atoms with Gasteiger partial charge in [-0.25, -0.2) is 0 Å². The molecule has 1 heterocycles. The molecule has 0 fully saturated rings. The van der Waals surface area contributed by atoms with Crippen LogP contribution in [0.4, 0.5) is 0 Å². The molecule has 2 rings (SSSR count). The summed E-state index contributed by atoms with van der Waals surface area (Å²) in [5.74, 6) is -0.704. The van der Waals surface area contributed by atoms with E-state index in [1.165, 1.54) is 25.5 Å². The van der Waals surface area contributed by atoms with E-state index in [1.54, 1.807) is 36.4 Å². The summed E-state index contributed by atoms with van der Waals surface area (Å²) in [6.07, 6.45) is 11.1. The second-order valence-electron chi connectivity index (χ2n) is 6.27. The van der Waals surface area contributed by atoms with Crippen molar-refractivity contribution in [2.45, 2.75) is 39.0 Å². The van der Waals surface area contributed by atoms with Crippen LogP contribution in [0.3, 0.4) is 0 Å².